The maximum Gasteiger partial charge on any atom is 0.253 e. The summed E-state index contributed by atoms with van der Waals surface area (Å²) < 4.78 is 48.3. The van der Waals surface area contributed by atoms with Crippen molar-refractivity contribution in [2.24, 2.45) is 5.92 Å². The summed E-state index contributed by atoms with van der Waals surface area (Å²) in [5, 5.41) is 9.81. The highest BCUT2D eigenvalue weighted by Gasteiger charge is 2.38. The number of rotatable bonds is 6. The Labute approximate surface area is 212 Å². The van der Waals surface area contributed by atoms with E-state index in [1.54, 1.807) is 26.1 Å². The van der Waals surface area contributed by atoms with Gasteiger partial charge in [0.1, 0.15) is 22.6 Å². The SMILES string of the molecule is C[C@@H]1CN([C@@H](C)CO)S(=O)(=O)c2ccc(C3=CCCC3)cc2O[C@H]1CN(C)C(=O)c1ccc(F)cc1. The molecule has 1 aliphatic heterocycles. The lowest BCUT2D eigenvalue weighted by atomic mass is 10.0. The van der Waals surface area contributed by atoms with E-state index in [4.69, 9.17) is 4.74 Å². The van der Waals surface area contributed by atoms with Gasteiger partial charge < -0.3 is 14.7 Å². The topological polar surface area (TPSA) is 87.2 Å². The van der Waals surface area contributed by atoms with Crippen LogP contribution in [0.4, 0.5) is 4.39 Å². The number of nitrogens with zero attached hydrogens (tertiary/aromatic N) is 2. The molecule has 1 aliphatic carbocycles. The number of halogens is 1. The molecule has 0 bridgehead atoms. The van der Waals surface area contributed by atoms with Gasteiger partial charge >= 0.3 is 0 Å². The maximum absolute atomic E-state index is 13.6. The third-order valence-electron chi connectivity index (χ3n) is 6.97. The van der Waals surface area contributed by atoms with E-state index in [2.05, 4.69) is 6.08 Å². The number of likely N-dealkylation sites (N-methyl/N-ethyl adjacent to an activating group) is 1. The zero-order valence-electron chi connectivity index (χ0n) is 20.9. The molecule has 4 rings (SSSR count). The van der Waals surface area contributed by atoms with E-state index in [0.29, 0.717) is 5.56 Å². The van der Waals surface area contributed by atoms with Crippen LogP contribution in [0.3, 0.4) is 0 Å². The van der Waals surface area contributed by atoms with Crippen LogP contribution in [-0.2, 0) is 10.0 Å². The van der Waals surface area contributed by atoms with Crippen molar-refractivity contribution in [1.29, 1.82) is 0 Å². The lowest BCUT2D eigenvalue weighted by molar-refractivity contribution is 0.0563. The molecule has 2 aromatic rings. The largest absolute Gasteiger partial charge is 0.487 e. The Bertz CT molecular complexity index is 1250. The monoisotopic (exact) mass is 516 g/mol. The highest BCUT2D eigenvalue weighted by Crippen LogP contribution is 2.37. The predicted octanol–water partition coefficient (Wildman–Crippen LogP) is 3.93. The molecule has 7 nitrogen and oxygen atoms in total. The van der Waals surface area contributed by atoms with Crippen LogP contribution in [0.5, 0.6) is 5.75 Å². The third-order valence-corrected chi connectivity index (χ3v) is 8.99. The number of carbonyl (C=O) groups is 1. The number of sulfonamides is 1. The molecule has 3 atom stereocenters. The van der Waals surface area contributed by atoms with Crippen molar-refractivity contribution >= 4 is 21.5 Å². The van der Waals surface area contributed by atoms with Crippen molar-refractivity contribution in [2.75, 3.05) is 26.7 Å². The molecule has 0 fully saturated rings. The molecule has 36 heavy (non-hydrogen) atoms. The van der Waals surface area contributed by atoms with Crippen molar-refractivity contribution in [1.82, 2.24) is 9.21 Å². The van der Waals surface area contributed by atoms with Gasteiger partial charge in [0.25, 0.3) is 5.91 Å². The minimum Gasteiger partial charge on any atom is -0.487 e. The first kappa shape index (κ1) is 26.3. The van der Waals surface area contributed by atoms with Crippen molar-refractivity contribution in [3.8, 4) is 5.75 Å². The van der Waals surface area contributed by atoms with E-state index in [-0.39, 0.29) is 42.2 Å². The zero-order valence-corrected chi connectivity index (χ0v) is 21.7. The normalized spacial score (nSPS) is 22.5. The van der Waals surface area contributed by atoms with Gasteiger partial charge in [-0.3, -0.25) is 4.79 Å². The number of benzene rings is 2. The fraction of sp³-hybridized carbons (Fsp3) is 0.444. The van der Waals surface area contributed by atoms with Gasteiger partial charge in [-0.05, 0) is 73.7 Å². The second-order valence-corrected chi connectivity index (χ2v) is 11.6. The van der Waals surface area contributed by atoms with Crippen molar-refractivity contribution in [3.05, 3.63) is 65.5 Å². The van der Waals surface area contributed by atoms with E-state index < -0.39 is 28.0 Å². The summed E-state index contributed by atoms with van der Waals surface area (Å²) in [6.45, 7) is 3.55. The highest BCUT2D eigenvalue weighted by atomic mass is 32.2. The summed E-state index contributed by atoms with van der Waals surface area (Å²) in [5.41, 5.74) is 2.44. The number of carbonyl (C=O) groups excluding carboxylic acids is 1. The summed E-state index contributed by atoms with van der Waals surface area (Å²) in [6, 6.07) is 9.89. The number of fused-ring (bicyclic) bond motifs is 1. The lowest BCUT2D eigenvalue weighted by Gasteiger charge is -2.37. The molecule has 1 amide bonds. The van der Waals surface area contributed by atoms with Crippen molar-refractivity contribution in [2.45, 2.75) is 50.2 Å². The van der Waals surface area contributed by atoms with Crippen molar-refractivity contribution < 1.29 is 27.4 Å². The average molecular weight is 517 g/mol. The van der Waals surface area contributed by atoms with Gasteiger partial charge in [0, 0.05) is 31.1 Å². The Morgan fingerprint density at radius 1 is 1.25 bits per heavy atom. The Hall–Kier alpha value is -2.75. The molecular weight excluding hydrogens is 483 g/mol. The molecule has 0 aromatic heterocycles. The molecule has 0 spiro atoms. The van der Waals surface area contributed by atoms with Gasteiger partial charge in [-0.1, -0.05) is 19.1 Å². The fourth-order valence-corrected chi connectivity index (χ4v) is 6.57. The van der Waals surface area contributed by atoms with E-state index >= 15 is 0 Å². The Kier molecular flexibility index (Phi) is 7.82. The number of hydrogen-bond donors (Lipinski definition) is 1. The zero-order chi connectivity index (χ0) is 26.0. The molecule has 2 aliphatic rings. The summed E-state index contributed by atoms with van der Waals surface area (Å²) in [7, 11) is -2.28. The molecule has 194 valence electrons. The van der Waals surface area contributed by atoms with Crippen LogP contribution < -0.4 is 4.74 Å². The Balaban J connectivity index is 1.70. The summed E-state index contributed by atoms with van der Waals surface area (Å²) >= 11 is 0. The van der Waals surface area contributed by atoms with Crippen LogP contribution in [-0.4, -0.2) is 67.5 Å². The fourth-order valence-electron chi connectivity index (χ4n) is 4.74. The summed E-state index contributed by atoms with van der Waals surface area (Å²) in [6.07, 6.45) is 4.62. The number of aliphatic hydroxyl groups excluding tert-OH is 1. The molecule has 0 radical (unpaired) electrons. The number of ether oxygens (including phenoxy) is 1. The first-order valence-corrected chi connectivity index (χ1v) is 13.7. The van der Waals surface area contributed by atoms with Crippen molar-refractivity contribution in [3.63, 3.8) is 0 Å². The van der Waals surface area contributed by atoms with E-state index in [1.807, 2.05) is 13.0 Å². The lowest BCUT2D eigenvalue weighted by Crippen LogP contribution is -2.50. The molecule has 0 saturated carbocycles. The Morgan fingerprint density at radius 2 is 1.97 bits per heavy atom. The van der Waals surface area contributed by atoms with Gasteiger partial charge in [-0.15, -0.1) is 0 Å². The minimum absolute atomic E-state index is 0.0505. The van der Waals surface area contributed by atoms with Gasteiger partial charge in [0.05, 0.1) is 13.2 Å². The summed E-state index contributed by atoms with van der Waals surface area (Å²) in [5.74, 6) is -0.754. The van der Waals surface area contributed by atoms with Crippen LogP contribution >= 0.6 is 0 Å². The van der Waals surface area contributed by atoms with Crippen LogP contribution in [0, 0.1) is 11.7 Å². The molecule has 1 heterocycles. The first-order valence-electron chi connectivity index (χ1n) is 12.3. The van der Waals surface area contributed by atoms with Gasteiger partial charge in [-0.2, -0.15) is 4.31 Å². The minimum atomic E-state index is -3.93. The quantitative estimate of drug-likeness (QED) is 0.629. The van der Waals surface area contributed by atoms with E-state index in [0.717, 1.165) is 30.4 Å². The van der Waals surface area contributed by atoms with Crippen LogP contribution in [0.2, 0.25) is 0 Å². The smallest absolute Gasteiger partial charge is 0.253 e. The molecule has 1 N–H and O–H groups in total. The van der Waals surface area contributed by atoms with Gasteiger partial charge in [-0.25, -0.2) is 12.8 Å². The predicted molar refractivity (Wildman–Crippen MR) is 136 cm³/mol. The second-order valence-electron chi connectivity index (χ2n) is 9.72. The van der Waals surface area contributed by atoms with Crippen LogP contribution in [0.1, 0.15) is 49.0 Å². The molecule has 9 heteroatoms. The number of amides is 1. The standard InChI is InChI=1S/C27H33FN2O5S/c1-18-15-30(19(2)17-31)36(33,34)26-13-10-22(20-6-4-5-7-20)14-24(26)35-25(18)16-29(3)27(32)21-8-11-23(28)12-9-21/h6,8-14,18-19,25,31H,4-5,7,15-17H2,1-3H3/t18-,19+,25+/m1/s1. The van der Waals surface area contributed by atoms with E-state index in [1.165, 1.54) is 33.5 Å². The second kappa shape index (κ2) is 10.7. The molecule has 0 saturated heterocycles. The van der Waals surface area contributed by atoms with Crippen LogP contribution in [0.15, 0.2) is 53.4 Å². The Morgan fingerprint density at radius 3 is 2.61 bits per heavy atom. The average Bonchev–Trinajstić information content (AvgIpc) is 3.40. The maximum atomic E-state index is 13.6. The van der Waals surface area contributed by atoms with Crippen LogP contribution in [0.25, 0.3) is 5.57 Å². The molecule has 0 unspecified atom stereocenters. The van der Waals surface area contributed by atoms with Gasteiger partial charge in [0.15, 0.2) is 0 Å². The third kappa shape index (κ3) is 5.33. The van der Waals surface area contributed by atoms with E-state index in [9.17, 15) is 22.7 Å². The molecular formula is C27H33FN2O5S. The summed E-state index contributed by atoms with van der Waals surface area (Å²) in [4.78, 5) is 14.5. The number of aliphatic hydroxyl groups is 1. The highest BCUT2D eigenvalue weighted by molar-refractivity contribution is 7.89. The molecule has 2 aromatic carbocycles. The first-order chi connectivity index (χ1) is 17.1. The number of allylic oxidation sites excluding steroid dienone is 2. The number of hydrogen-bond acceptors (Lipinski definition) is 5. The van der Waals surface area contributed by atoms with Gasteiger partial charge in [0.2, 0.25) is 10.0 Å².